The standard InChI is InChI=1S/C19H21NO2/c1-20-12-10-14(11-13-20)19(21)15-6-2-4-8-17(15)22-18-9-5-3-7-16(18)19/h2-9,14,21H,10-13H2,1H3. The summed E-state index contributed by atoms with van der Waals surface area (Å²) >= 11 is 0. The van der Waals surface area contributed by atoms with Gasteiger partial charge in [-0.1, -0.05) is 36.4 Å². The Balaban J connectivity index is 1.87. The topological polar surface area (TPSA) is 32.7 Å². The number of aliphatic hydroxyl groups is 1. The molecule has 0 aromatic heterocycles. The van der Waals surface area contributed by atoms with Crippen molar-refractivity contribution in [2.45, 2.75) is 18.4 Å². The number of hydrogen-bond donors (Lipinski definition) is 1. The Morgan fingerprint density at radius 3 is 2.00 bits per heavy atom. The van der Waals surface area contributed by atoms with Gasteiger partial charge in [0.15, 0.2) is 0 Å². The fraction of sp³-hybridized carbons (Fsp3) is 0.368. The fourth-order valence-electron chi connectivity index (χ4n) is 3.87. The van der Waals surface area contributed by atoms with E-state index < -0.39 is 5.60 Å². The van der Waals surface area contributed by atoms with Crippen LogP contribution in [-0.4, -0.2) is 30.1 Å². The quantitative estimate of drug-likeness (QED) is 0.875. The van der Waals surface area contributed by atoms with E-state index in [4.69, 9.17) is 4.74 Å². The molecule has 2 aromatic carbocycles. The summed E-state index contributed by atoms with van der Waals surface area (Å²) in [6.07, 6.45) is 1.99. The fourth-order valence-corrected chi connectivity index (χ4v) is 3.87. The first-order valence-electron chi connectivity index (χ1n) is 7.97. The highest BCUT2D eigenvalue weighted by Crippen LogP contribution is 2.52. The summed E-state index contributed by atoms with van der Waals surface area (Å²) in [6.45, 7) is 2.05. The maximum atomic E-state index is 11.8. The van der Waals surface area contributed by atoms with Crippen LogP contribution in [0.25, 0.3) is 0 Å². The molecule has 0 saturated carbocycles. The van der Waals surface area contributed by atoms with Crippen LogP contribution in [0.15, 0.2) is 48.5 Å². The van der Waals surface area contributed by atoms with Gasteiger partial charge in [-0.05, 0) is 51.0 Å². The van der Waals surface area contributed by atoms with Gasteiger partial charge >= 0.3 is 0 Å². The predicted molar refractivity (Wildman–Crippen MR) is 86.2 cm³/mol. The first kappa shape index (κ1) is 13.8. The average molecular weight is 295 g/mol. The zero-order chi connectivity index (χ0) is 15.2. The number of fused-ring (bicyclic) bond motifs is 2. The Hall–Kier alpha value is -1.84. The third-order valence-corrected chi connectivity index (χ3v) is 5.12. The maximum absolute atomic E-state index is 11.8. The van der Waals surface area contributed by atoms with Crippen molar-refractivity contribution >= 4 is 0 Å². The predicted octanol–water partition coefficient (Wildman–Crippen LogP) is 3.37. The number of ether oxygens (including phenoxy) is 1. The molecule has 2 aliphatic heterocycles. The molecule has 1 saturated heterocycles. The highest BCUT2D eigenvalue weighted by molar-refractivity contribution is 5.56. The number of rotatable bonds is 1. The van der Waals surface area contributed by atoms with Crippen LogP contribution in [-0.2, 0) is 5.60 Å². The van der Waals surface area contributed by atoms with Crippen LogP contribution < -0.4 is 4.74 Å². The lowest BCUT2D eigenvalue weighted by Gasteiger charge is -2.44. The van der Waals surface area contributed by atoms with E-state index >= 15 is 0 Å². The second kappa shape index (κ2) is 5.11. The lowest BCUT2D eigenvalue weighted by atomic mass is 9.70. The van der Waals surface area contributed by atoms with Crippen molar-refractivity contribution in [3.8, 4) is 11.5 Å². The lowest BCUT2D eigenvalue weighted by molar-refractivity contribution is -0.0177. The van der Waals surface area contributed by atoms with Crippen molar-refractivity contribution in [3.63, 3.8) is 0 Å². The molecular weight excluding hydrogens is 274 g/mol. The Morgan fingerprint density at radius 1 is 0.955 bits per heavy atom. The Bertz CT molecular complexity index is 644. The number of likely N-dealkylation sites (tertiary alicyclic amines) is 1. The molecule has 22 heavy (non-hydrogen) atoms. The Kier molecular flexibility index (Phi) is 3.21. The molecule has 0 unspecified atom stereocenters. The molecule has 3 heteroatoms. The molecule has 2 aromatic rings. The minimum absolute atomic E-state index is 0.217. The lowest BCUT2D eigenvalue weighted by Crippen LogP contribution is -2.44. The van der Waals surface area contributed by atoms with Gasteiger partial charge in [0.1, 0.15) is 17.1 Å². The zero-order valence-corrected chi connectivity index (χ0v) is 12.8. The highest BCUT2D eigenvalue weighted by atomic mass is 16.5. The van der Waals surface area contributed by atoms with Gasteiger partial charge in [-0.25, -0.2) is 0 Å². The number of hydrogen-bond acceptors (Lipinski definition) is 3. The summed E-state index contributed by atoms with van der Waals surface area (Å²) < 4.78 is 6.01. The summed E-state index contributed by atoms with van der Waals surface area (Å²) in [5, 5.41) is 11.8. The molecule has 0 aliphatic carbocycles. The van der Waals surface area contributed by atoms with E-state index in [-0.39, 0.29) is 5.92 Å². The van der Waals surface area contributed by atoms with Crippen LogP contribution in [0.3, 0.4) is 0 Å². The van der Waals surface area contributed by atoms with Crippen LogP contribution in [0, 0.1) is 5.92 Å². The molecule has 0 bridgehead atoms. The van der Waals surface area contributed by atoms with Crippen LogP contribution in [0.5, 0.6) is 11.5 Å². The van der Waals surface area contributed by atoms with Crippen molar-refractivity contribution in [1.29, 1.82) is 0 Å². The minimum atomic E-state index is -0.952. The Labute approximate surface area is 131 Å². The third-order valence-electron chi connectivity index (χ3n) is 5.12. The van der Waals surface area contributed by atoms with Gasteiger partial charge < -0.3 is 14.7 Å². The van der Waals surface area contributed by atoms with Crippen molar-refractivity contribution in [2.24, 2.45) is 5.92 Å². The minimum Gasteiger partial charge on any atom is -0.457 e. The Morgan fingerprint density at radius 2 is 1.45 bits per heavy atom. The normalized spacial score (nSPS) is 20.8. The molecular formula is C19H21NO2. The van der Waals surface area contributed by atoms with Crippen molar-refractivity contribution in [1.82, 2.24) is 4.90 Å². The molecule has 114 valence electrons. The van der Waals surface area contributed by atoms with Crippen molar-refractivity contribution in [2.75, 3.05) is 20.1 Å². The number of benzene rings is 2. The van der Waals surface area contributed by atoms with Gasteiger partial charge in [-0.2, -0.15) is 0 Å². The van der Waals surface area contributed by atoms with Crippen LogP contribution in [0.2, 0.25) is 0 Å². The van der Waals surface area contributed by atoms with E-state index in [1.54, 1.807) is 0 Å². The number of nitrogens with zero attached hydrogens (tertiary/aromatic N) is 1. The number of piperidine rings is 1. The third kappa shape index (κ3) is 1.97. The first-order chi connectivity index (χ1) is 10.7. The van der Waals surface area contributed by atoms with Crippen molar-refractivity contribution in [3.05, 3.63) is 59.7 Å². The molecule has 0 amide bonds. The molecule has 2 aliphatic rings. The van der Waals surface area contributed by atoms with Gasteiger partial charge in [0.25, 0.3) is 0 Å². The smallest absolute Gasteiger partial charge is 0.133 e. The molecule has 2 heterocycles. The molecule has 0 spiro atoms. The number of para-hydroxylation sites is 2. The average Bonchev–Trinajstić information content (AvgIpc) is 2.56. The van der Waals surface area contributed by atoms with Gasteiger partial charge in [0.05, 0.1) is 0 Å². The van der Waals surface area contributed by atoms with E-state index in [0.717, 1.165) is 48.6 Å². The van der Waals surface area contributed by atoms with Crippen molar-refractivity contribution < 1.29 is 9.84 Å². The van der Waals surface area contributed by atoms with Gasteiger partial charge in [-0.15, -0.1) is 0 Å². The zero-order valence-electron chi connectivity index (χ0n) is 12.8. The van der Waals surface area contributed by atoms with Gasteiger partial charge in [0.2, 0.25) is 0 Å². The van der Waals surface area contributed by atoms with E-state index in [9.17, 15) is 5.11 Å². The second-order valence-electron chi connectivity index (χ2n) is 6.44. The van der Waals surface area contributed by atoms with Gasteiger partial charge in [-0.3, -0.25) is 0 Å². The summed E-state index contributed by atoms with van der Waals surface area (Å²) in [5.41, 5.74) is 0.860. The molecule has 3 nitrogen and oxygen atoms in total. The van der Waals surface area contributed by atoms with E-state index in [1.807, 2.05) is 48.5 Å². The van der Waals surface area contributed by atoms with E-state index in [0.29, 0.717) is 0 Å². The SMILES string of the molecule is CN1CCC(C2(O)c3ccccc3Oc3ccccc32)CC1. The highest BCUT2D eigenvalue weighted by Gasteiger charge is 2.46. The summed E-state index contributed by atoms with van der Waals surface area (Å²) in [7, 11) is 2.14. The molecule has 0 atom stereocenters. The summed E-state index contributed by atoms with van der Waals surface area (Å²) in [5.74, 6) is 1.78. The van der Waals surface area contributed by atoms with E-state index in [2.05, 4.69) is 11.9 Å². The van der Waals surface area contributed by atoms with E-state index in [1.165, 1.54) is 0 Å². The molecule has 1 N–H and O–H groups in total. The molecule has 0 radical (unpaired) electrons. The van der Waals surface area contributed by atoms with Crippen LogP contribution in [0.1, 0.15) is 24.0 Å². The largest absolute Gasteiger partial charge is 0.457 e. The summed E-state index contributed by atoms with van der Waals surface area (Å²) in [4.78, 5) is 2.33. The van der Waals surface area contributed by atoms with Gasteiger partial charge in [0, 0.05) is 11.1 Å². The second-order valence-corrected chi connectivity index (χ2v) is 6.44. The first-order valence-corrected chi connectivity index (χ1v) is 7.97. The van der Waals surface area contributed by atoms with Crippen LogP contribution in [0.4, 0.5) is 0 Å². The molecule has 4 rings (SSSR count). The monoisotopic (exact) mass is 295 g/mol. The van der Waals surface area contributed by atoms with Crippen LogP contribution >= 0.6 is 0 Å². The molecule has 1 fully saturated rings. The maximum Gasteiger partial charge on any atom is 0.133 e. The summed E-state index contributed by atoms with van der Waals surface area (Å²) in [6, 6.07) is 15.8.